The van der Waals surface area contributed by atoms with Gasteiger partial charge in [-0.1, -0.05) is 18.2 Å². The molecule has 3 rings (SSSR count). The van der Waals surface area contributed by atoms with Crippen LogP contribution in [0.5, 0.6) is 0 Å². The fraction of sp³-hybridized carbons (Fsp3) is 0.550. The molecule has 5 heteroatoms. The molecule has 0 unspecified atom stereocenters. The van der Waals surface area contributed by atoms with Crippen molar-refractivity contribution in [3.63, 3.8) is 0 Å². The molecule has 0 spiro atoms. The fourth-order valence-corrected chi connectivity index (χ4v) is 3.59. The Labute approximate surface area is 151 Å². The van der Waals surface area contributed by atoms with Crippen LogP contribution in [0.2, 0.25) is 0 Å². The number of para-hydroxylation sites is 1. The van der Waals surface area contributed by atoms with Gasteiger partial charge in [0.1, 0.15) is 0 Å². The molecule has 136 valence electrons. The van der Waals surface area contributed by atoms with E-state index in [0.717, 1.165) is 45.7 Å². The summed E-state index contributed by atoms with van der Waals surface area (Å²) >= 11 is 0. The summed E-state index contributed by atoms with van der Waals surface area (Å²) in [6, 6.07) is 12.8. The Hall–Kier alpha value is -1.85. The van der Waals surface area contributed by atoms with Crippen molar-refractivity contribution < 1.29 is 0 Å². The van der Waals surface area contributed by atoms with Crippen LogP contribution in [-0.2, 0) is 13.5 Å². The monoisotopic (exact) mass is 341 g/mol. The van der Waals surface area contributed by atoms with E-state index in [-0.39, 0.29) is 5.54 Å². The number of benzene rings is 1. The predicted molar refractivity (Wildman–Crippen MR) is 104 cm³/mol. The van der Waals surface area contributed by atoms with Crippen molar-refractivity contribution in [3.05, 3.63) is 48.3 Å². The Morgan fingerprint density at radius 1 is 1.04 bits per heavy atom. The van der Waals surface area contributed by atoms with E-state index in [1.165, 1.54) is 11.4 Å². The highest BCUT2D eigenvalue weighted by atomic mass is 15.3. The van der Waals surface area contributed by atoms with Gasteiger partial charge in [-0.2, -0.15) is 5.10 Å². The first-order chi connectivity index (χ1) is 12.0. The van der Waals surface area contributed by atoms with E-state index in [0.29, 0.717) is 0 Å². The van der Waals surface area contributed by atoms with Gasteiger partial charge in [0.25, 0.3) is 0 Å². The number of piperazine rings is 1. The molecule has 2 heterocycles. The van der Waals surface area contributed by atoms with Gasteiger partial charge in [-0.25, -0.2) is 0 Å². The van der Waals surface area contributed by atoms with Gasteiger partial charge in [-0.3, -0.25) is 9.58 Å². The molecular formula is C20H31N5. The molecule has 1 fully saturated rings. The molecule has 1 saturated heterocycles. The number of anilines is 1. The zero-order valence-corrected chi connectivity index (χ0v) is 15.8. The van der Waals surface area contributed by atoms with Crippen molar-refractivity contribution in [3.8, 4) is 0 Å². The van der Waals surface area contributed by atoms with Gasteiger partial charge in [-0.05, 0) is 32.0 Å². The standard InChI is InChI=1S/C20H31N5/c1-20(2,21-11-9-18-10-12-22-23(18)3)17-24-13-15-25(16-14-24)19-7-5-4-6-8-19/h4-8,10,12,21H,9,11,13-17H2,1-3H3. The van der Waals surface area contributed by atoms with Crippen molar-refractivity contribution in [2.24, 2.45) is 7.05 Å². The van der Waals surface area contributed by atoms with Gasteiger partial charge < -0.3 is 10.2 Å². The zero-order valence-electron chi connectivity index (χ0n) is 15.8. The summed E-state index contributed by atoms with van der Waals surface area (Å²) in [6.45, 7) is 11.1. The Balaban J connectivity index is 1.42. The van der Waals surface area contributed by atoms with Crippen LogP contribution in [0.3, 0.4) is 0 Å². The first-order valence-corrected chi connectivity index (χ1v) is 9.28. The Morgan fingerprint density at radius 3 is 2.40 bits per heavy atom. The lowest BCUT2D eigenvalue weighted by Gasteiger charge is -2.40. The minimum atomic E-state index is 0.119. The highest BCUT2D eigenvalue weighted by molar-refractivity contribution is 5.46. The van der Waals surface area contributed by atoms with Crippen LogP contribution in [0.4, 0.5) is 5.69 Å². The van der Waals surface area contributed by atoms with Crippen molar-refractivity contribution >= 4 is 5.69 Å². The maximum absolute atomic E-state index is 4.23. The Morgan fingerprint density at radius 2 is 1.76 bits per heavy atom. The molecule has 0 amide bonds. The lowest BCUT2D eigenvalue weighted by atomic mass is 10.0. The average molecular weight is 342 g/mol. The Bertz CT molecular complexity index is 641. The predicted octanol–water partition coefficient (Wildman–Crippen LogP) is 2.15. The van der Waals surface area contributed by atoms with E-state index in [4.69, 9.17) is 0 Å². The topological polar surface area (TPSA) is 36.3 Å². The maximum Gasteiger partial charge on any atom is 0.0492 e. The number of nitrogens with one attached hydrogen (secondary N) is 1. The molecule has 1 aliphatic rings. The molecule has 0 radical (unpaired) electrons. The third-order valence-electron chi connectivity index (χ3n) is 5.02. The molecule has 1 aliphatic heterocycles. The third kappa shape index (κ3) is 5.06. The second kappa shape index (κ2) is 8.02. The number of aryl methyl sites for hydroxylation is 1. The number of nitrogens with zero attached hydrogens (tertiary/aromatic N) is 4. The largest absolute Gasteiger partial charge is 0.369 e. The van der Waals surface area contributed by atoms with E-state index in [1.54, 1.807) is 0 Å². The molecule has 1 aromatic heterocycles. The van der Waals surface area contributed by atoms with E-state index < -0.39 is 0 Å². The van der Waals surface area contributed by atoms with Gasteiger partial charge >= 0.3 is 0 Å². The average Bonchev–Trinajstić information content (AvgIpc) is 3.01. The van der Waals surface area contributed by atoms with Gasteiger partial charge in [-0.15, -0.1) is 0 Å². The second-order valence-electron chi connectivity index (χ2n) is 7.61. The molecule has 2 aromatic rings. The molecule has 0 atom stereocenters. The summed E-state index contributed by atoms with van der Waals surface area (Å²) in [6.07, 6.45) is 2.88. The minimum Gasteiger partial charge on any atom is -0.369 e. The molecule has 0 saturated carbocycles. The molecule has 0 aliphatic carbocycles. The summed E-state index contributed by atoms with van der Waals surface area (Å²) in [5.74, 6) is 0. The van der Waals surface area contributed by atoms with Crippen LogP contribution in [-0.4, -0.2) is 59.5 Å². The molecular weight excluding hydrogens is 310 g/mol. The molecule has 5 nitrogen and oxygen atoms in total. The summed E-state index contributed by atoms with van der Waals surface area (Å²) in [7, 11) is 2.01. The van der Waals surface area contributed by atoms with Gasteiger partial charge in [0.05, 0.1) is 0 Å². The van der Waals surface area contributed by atoms with Crippen LogP contribution in [0.15, 0.2) is 42.6 Å². The van der Waals surface area contributed by atoms with Crippen LogP contribution >= 0.6 is 0 Å². The number of rotatable bonds is 7. The normalized spacial score (nSPS) is 16.4. The van der Waals surface area contributed by atoms with Gasteiger partial charge in [0.2, 0.25) is 0 Å². The van der Waals surface area contributed by atoms with E-state index in [9.17, 15) is 0 Å². The van der Waals surface area contributed by atoms with Gasteiger partial charge in [0, 0.05) is 75.9 Å². The van der Waals surface area contributed by atoms with Gasteiger partial charge in [0.15, 0.2) is 0 Å². The highest BCUT2D eigenvalue weighted by Gasteiger charge is 2.24. The lowest BCUT2D eigenvalue weighted by Crippen LogP contribution is -2.55. The molecule has 0 bridgehead atoms. The smallest absolute Gasteiger partial charge is 0.0492 e. The van der Waals surface area contributed by atoms with Crippen molar-refractivity contribution in [2.75, 3.05) is 44.2 Å². The van der Waals surface area contributed by atoms with E-state index >= 15 is 0 Å². The van der Waals surface area contributed by atoms with Crippen molar-refractivity contribution in [1.82, 2.24) is 20.0 Å². The van der Waals surface area contributed by atoms with E-state index in [1.807, 2.05) is 17.9 Å². The van der Waals surface area contributed by atoms with Crippen molar-refractivity contribution in [1.29, 1.82) is 0 Å². The SMILES string of the molecule is Cn1nccc1CCNC(C)(C)CN1CCN(c2ccccc2)CC1. The summed E-state index contributed by atoms with van der Waals surface area (Å²) < 4.78 is 1.96. The summed E-state index contributed by atoms with van der Waals surface area (Å²) in [5.41, 5.74) is 2.74. The molecule has 1 aromatic carbocycles. The Kier molecular flexibility index (Phi) is 5.76. The maximum atomic E-state index is 4.23. The third-order valence-corrected chi connectivity index (χ3v) is 5.02. The van der Waals surface area contributed by atoms with Crippen LogP contribution in [0, 0.1) is 0 Å². The minimum absolute atomic E-state index is 0.119. The lowest BCUT2D eigenvalue weighted by molar-refractivity contribution is 0.191. The quantitative estimate of drug-likeness (QED) is 0.837. The van der Waals surface area contributed by atoms with Crippen LogP contribution < -0.4 is 10.2 Å². The second-order valence-corrected chi connectivity index (χ2v) is 7.61. The number of hydrogen-bond acceptors (Lipinski definition) is 4. The summed E-state index contributed by atoms with van der Waals surface area (Å²) in [4.78, 5) is 5.07. The first-order valence-electron chi connectivity index (χ1n) is 9.28. The van der Waals surface area contributed by atoms with E-state index in [2.05, 4.69) is 70.5 Å². The van der Waals surface area contributed by atoms with Crippen LogP contribution in [0.1, 0.15) is 19.5 Å². The molecule has 25 heavy (non-hydrogen) atoms. The summed E-state index contributed by atoms with van der Waals surface area (Å²) in [5, 5.41) is 7.95. The van der Waals surface area contributed by atoms with Crippen molar-refractivity contribution in [2.45, 2.75) is 25.8 Å². The number of hydrogen-bond donors (Lipinski definition) is 1. The van der Waals surface area contributed by atoms with Crippen LogP contribution in [0.25, 0.3) is 0 Å². The first kappa shape index (κ1) is 18.0. The fourth-order valence-electron chi connectivity index (χ4n) is 3.59. The number of aromatic nitrogens is 2. The highest BCUT2D eigenvalue weighted by Crippen LogP contribution is 2.16. The molecule has 1 N–H and O–H groups in total. The zero-order chi connectivity index (χ0) is 17.7.